The smallest absolute Gasteiger partial charge is 0.386 e. The summed E-state index contributed by atoms with van der Waals surface area (Å²) in [5.41, 5.74) is 0.795. The first-order chi connectivity index (χ1) is 7.91. The monoisotopic (exact) mass is 308 g/mol. The molecule has 0 fully saturated rings. The highest BCUT2D eigenvalue weighted by Crippen LogP contribution is 2.23. The minimum absolute atomic E-state index is 0.286. The molecule has 0 aliphatic carbocycles. The molecule has 0 aliphatic heterocycles. The van der Waals surface area contributed by atoms with Crippen LogP contribution in [0.15, 0.2) is 35.2 Å². The lowest BCUT2D eigenvalue weighted by molar-refractivity contribution is -0.165. The maximum absolute atomic E-state index is 12.0. The zero-order valence-electron chi connectivity index (χ0n) is 8.46. The summed E-state index contributed by atoms with van der Waals surface area (Å²) in [5, 5.41) is 2.58. The summed E-state index contributed by atoms with van der Waals surface area (Å²) in [5.74, 6) is -1.92. The number of allylic oxidation sites excluding steroid dienone is 1. The van der Waals surface area contributed by atoms with Crippen LogP contribution in [0.3, 0.4) is 0 Å². The number of aromatic nitrogens is 1. The van der Waals surface area contributed by atoms with Gasteiger partial charge in [-0.25, -0.2) is 0 Å². The maximum Gasteiger partial charge on any atom is 0.455 e. The van der Waals surface area contributed by atoms with Gasteiger partial charge in [-0.15, -0.1) is 0 Å². The number of carbonyl (C=O) groups is 1. The number of pyridine rings is 1. The Balaban J connectivity index is 2.52. The van der Waals surface area contributed by atoms with Crippen LogP contribution in [0.1, 0.15) is 5.56 Å². The largest absolute Gasteiger partial charge is 0.455 e. The number of alkyl halides is 3. The van der Waals surface area contributed by atoms with E-state index < -0.39 is 16.4 Å². The van der Waals surface area contributed by atoms with Crippen molar-refractivity contribution in [2.45, 2.75) is 12.7 Å². The van der Waals surface area contributed by atoms with Crippen molar-refractivity contribution in [2.24, 2.45) is 0 Å². The second-order valence-electron chi connectivity index (χ2n) is 3.06. The van der Waals surface area contributed by atoms with Crippen LogP contribution >= 0.6 is 15.9 Å². The Morgan fingerprint density at radius 3 is 2.76 bits per heavy atom. The Morgan fingerprint density at radius 1 is 1.53 bits per heavy atom. The summed E-state index contributed by atoms with van der Waals surface area (Å²) in [4.78, 5) is 14.6. The molecule has 0 aromatic carbocycles. The van der Waals surface area contributed by atoms with Crippen molar-refractivity contribution in [2.75, 3.05) is 0 Å². The van der Waals surface area contributed by atoms with Gasteiger partial charge in [0, 0.05) is 25.1 Å². The number of ketones is 1. The van der Waals surface area contributed by atoms with Gasteiger partial charge in [-0.3, -0.25) is 9.78 Å². The van der Waals surface area contributed by atoms with E-state index >= 15 is 0 Å². The second kappa shape index (κ2) is 5.81. The van der Waals surface area contributed by atoms with Crippen LogP contribution in [-0.4, -0.2) is 16.9 Å². The number of hydrogen-bond acceptors (Lipinski definition) is 3. The quantitative estimate of drug-likeness (QED) is 0.869. The van der Waals surface area contributed by atoms with Crippen molar-refractivity contribution < 1.29 is 18.0 Å². The molecule has 7 heteroatoms. The van der Waals surface area contributed by atoms with Gasteiger partial charge in [0.25, 0.3) is 5.78 Å². The molecule has 0 radical (unpaired) electrons. The lowest BCUT2D eigenvalue weighted by Gasteiger charge is -2.05. The van der Waals surface area contributed by atoms with Crippen molar-refractivity contribution in [3.63, 3.8) is 0 Å². The molecule has 92 valence electrons. The van der Waals surface area contributed by atoms with Gasteiger partial charge in [-0.1, -0.05) is 6.07 Å². The zero-order valence-corrected chi connectivity index (χ0v) is 10.0. The van der Waals surface area contributed by atoms with E-state index in [0.29, 0.717) is 0 Å². The lowest BCUT2D eigenvalue weighted by Crippen LogP contribution is -2.23. The number of rotatable bonds is 4. The van der Waals surface area contributed by atoms with Crippen LogP contribution in [0.25, 0.3) is 0 Å². The van der Waals surface area contributed by atoms with Gasteiger partial charge in [0.15, 0.2) is 0 Å². The van der Waals surface area contributed by atoms with Crippen molar-refractivity contribution in [1.82, 2.24) is 10.3 Å². The Labute approximate surface area is 104 Å². The van der Waals surface area contributed by atoms with Crippen LogP contribution in [0.2, 0.25) is 0 Å². The molecule has 0 amide bonds. The fraction of sp³-hybridized carbons (Fsp3) is 0.200. The third kappa shape index (κ3) is 4.56. The van der Waals surface area contributed by atoms with Gasteiger partial charge < -0.3 is 5.32 Å². The standard InChI is InChI=1S/C10H8BrF3N2O/c11-8(9(17)10(12,13)14)6-16-5-7-2-1-3-15-4-7/h1-4,6,16H,5H2. The van der Waals surface area contributed by atoms with Crippen LogP contribution in [0.5, 0.6) is 0 Å². The lowest BCUT2D eigenvalue weighted by atomic mass is 10.3. The molecule has 0 unspecified atom stereocenters. The normalized spacial score (nSPS) is 12.4. The molecule has 1 heterocycles. The van der Waals surface area contributed by atoms with E-state index in [9.17, 15) is 18.0 Å². The number of nitrogens with one attached hydrogen (secondary N) is 1. The summed E-state index contributed by atoms with van der Waals surface area (Å²) in [6.45, 7) is 0.286. The van der Waals surface area contributed by atoms with Crippen molar-refractivity contribution in [3.8, 4) is 0 Å². The summed E-state index contributed by atoms with van der Waals surface area (Å²) in [6, 6.07) is 3.46. The first-order valence-electron chi connectivity index (χ1n) is 4.50. The number of Topliss-reactive ketones (excluding diaryl/α,β-unsaturated/α-hetero) is 1. The van der Waals surface area contributed by atoms with E-state index in [2.05, 4.69) is 26.2 Å². The van der Waals surface area contributed by atoms with Gasteiger partial charge >= 0.3 is 6.18 Å². The Hall–Kier alpha value is -1.37. The molecular weight excluding hydrogens is 301 g/mol. The van der Waals surface area contributed by atoms with Crippen molar-refractivity contribution in [3.05, 3.63) is 40.8 Å². The SMILES string of the molecule is O=C(C(Br)=CNCc1cccnc1)C(F)(F)F. The molecule has 0 saturated heterocycles. The predicted molar refractivity (Wildman–Crippen MR) is 59.1 cm³/mol. The number of carbonyl (C=O) groups excluding carboxylic acids is 1. The van der Waals surface area contributed by atoms with E-state index in [1.54, 1.807) is 24.5 Å². The zero-order chi connectivity index (χ0) is 12.9. The van der Waals surface area contributed by atoms with Gasteiger partial charge in [0.05, 0.1) is 4.48 Å². The highest BCUT2D eigenvalue weighted by Gasteiger charge is 2.39. The van der Waals surface area contributed by atoms with Gasteiger partial charge in [0.2, 0.25) is 0 Å². The Bertz CT molecular complexity index is 417. The number of nitrogens with zero attached hydrogens (tertiary/aromatic N) is 1. The fourth-order valence-corrected chi connectivity index (χ4v) is 1.35. The molecule has 1 rings (SSSR count). The summed E-state index contributed by atoms with van der Waals surface area (Å²) in [6.07, 6.45) is -0.739. The van der Waals surface area contributed by atoms with E-state index in [1.807, 2.05) is 0 Å². The van der Waals surface area contributed by atoms with E-state index in [1.165, 1.54) is 0 Å². The number of halogens is 4. The van der Waals surface area contributed by atoms with Gasteiger partial charge in [0.1, 0.15) is 0 Å². The molecule has 1 aromatic rings. The third-order valence-electron chi connectivity index (χ3n) is 1.73. The third-order valence-corrected chi connectivity index (χ3v) is 2.32. The Morgan fingerprint density at radius 2 is 2.24 bits per heavy atom. The molecule has 0 saturated carbocycles. The van der Waals surface area contributed by atoms with Gasteiger partial charge in [-0.2, -0.15) is 13.2 Å². The van der Waals surface area contributed by atoms with Crippen molar-refractivity contribution >= 4 is 21.7 Å². The molecule has 17 heavy (non-hydrogen) atoms. The molecule has 1 N–H and O–H groups in total. The van der Waals surface area contributed by atoms with Crippen LogP contribution in [0, 0.1) is 0 Å². The fourth-order valence-electron chi connectivity index (χ4n) is 0.962. The average Bonchev–Trinajstić information content (AvgIpc) is 2.28. The highest BCUT2D eigenvalue weighted by molar-refractivity contribution is 9.12. The molecule has 0 bridgehead atoms. The van der Waals surface area contributed by atoms with Crippen LogP contribution in [-0.2, 0) is 11.3 Å². The summed E-state index contributed by atoms with van der Waals surface area (Å²) >= 11 is 2.57. The molecule has 0 spiro atoms. The molecule has 0 aliphatic rings. The first kappa shape index (κ1) is 13.7. The molecular formula is C10H8BrF3N2O. The number of hydrogen-bond donors (Lipinski definition) is 1. The van der Waals surface area contributed by atoms with Crippen LogP contribution in [0.4, 0.5) is 13.2 Å². The topological polar surface area (TPSA) is 42.0 Å². The van der Waals surface area contributed by atoms with Gasteiger partial charge in [-0.05, 0) is 27.6 Å². The summed E-state index contributed by atoms with van der Waals surface area (Å²) in [7, 11) is 0. The molecule has 3 nitrogen and oxygen atoms in total. The molecule has 0 atom stereocenters. The minimum atomic E-state index is -4.87. The van der Waals surface area contributed by atoms with E-state index in [-0.39, 0.29) is 6.54 Å². The highest BCUT2D eigenvalue weighted by atomic mass is 79.9. The van der Waals surface area contributed by atoms with E-state index in [0.717, 1.165) is 11.8 Å². The Kier molecular flexibility index (Phi) is 4.68. The first-order valence-corrected chi connectivity index (χ1v) is 5.30. The maximum atomic E-state index is 12.0. The average molecular weight is 309 g/mol. The predicted octanol–water partition coefficient (Wildman–Crippen LogP) is 2.54. The summed E-state index contributed by atoms with van der Waals surface area (Å²) < 4.78 is 35.4. The van der Waals surface area contributed by atoms with Crippen LogP contribution < -0.4 is 5.32 Å². The second-order valence-corrected chi connectivity index (χ2v) is 3.92. The van der Waals surface area contributed by atoms with Crippen molar-refractivity contribution in [1.29, 1.82) is 0 Å². The molecule has 1 aromatic heterocycles. The minimum Gasteiger partial charge on any atom is -0.386 e. The van der Waals surface area contributed by atoms with E-state index in [4.69, 9.17) is 0 Å².